The fraction of sp³-hybridized carbons (Fsp3) is 0.280. The molecule has 1 aliphatic rings. The predicted octanol–water partition coefficient (Wildman–Crippen LogP) is 4.65. The highest BCUT2D eigenvalue weighted by atomic mass is 32.2. The van der Waals surface area contributed by atoms with E-state index in [2.05, 4.69) is 9.88 Å². The van der Waals surface area contributed by atoms with Crippen LogP contribution >= 0.6 is 0 Å². The Kier molecular flexibility index (Phi) is 6.80. The zero-order chi connectivity index (χ0) is 26.1. The molecule has 1 aromatic heterocycles. The maximum atomic E-state index is 12.8. The molecule has 3 aromatic rings. The number of pyridine rings is 1. The number of halogens is 3. The van der Waals surface area contributed by atoms with E-state index in [4.69, 9.17) is 4.74 Å². The van der Waals surface area contributed by atoms with Crippen LogP contribution in [0, 0.1) is 0 Å². The summed E-state index contributed by atoms with van der Waals surface area (Å²) in [4.78, 5) is 19.9. The molecule has 7 nitrogen and oxygen atoms in total. The summed E-state index contributed by atoms with van der Waals surface area (Å²) in [5, 5.41) is 0. The Balaban J connectivity index is 1.50. The monoisotopic (exact) mass is 519 g/mol. The molecule has 0 N–H and O–H groups in total. The average molecular weight is 520 g/mol. The van der Waals surface area contributed by atoms with E-state index in [1.54, 1.807) is 42.6 Å². The topological polar surface area (TPSA) is 79.8 Å². The van der Waals surface area contributed by atoms with Gasteiger partial charge in [-0.25, -0.2) is 13.2 Å². The quantitative estimate of drug-likeness (QED) is 0.439. The highest BCUT2D eigenvalue weighted by Gasteiger charge is 2.47. The number of carbonyl (C=O) groups excluding carboxylic acids is 1. The molecule has 0 radical (unpaired) electrons. The van der Waals surface area contributed by atoms with Crippen LogP contribution in [0.3, 0.4) is 0 Å². The molecule has 2 heterocycles. The van der Waals surface area contributed by atoms with E-state index in [9.17, 15) is 26.4 Å². The lowest BCUT2D eigenvalue weighted by molar-refractivity contribution is -0.0436. The first-order chi connectivity index (χ1) is 16.9. The van der Waals surface area contributed by atoms with Crippen LogP contribution < -0.4 is 9.64 Å². The third kappa shape index (κ3) is 5.21. The fourth-order valence-electron chi connectivity index (χ4n) is 3.99. The minimum atomic E-state index is -5.40. The van der Waals surface area contributed by atoms with Gasteiger partial charge in [-0.2, -0.15) is 13.2 Å². The second kappa shape index (κ2) is 9.55. The zero-order valence-electron chi connectivity index (χ0n) is 19.6. The Hall–Kier alpha value is -3.44. The van der Waals surface area contributed by atoms with Crippen molar-refractivity contribution in [1.82, 2.24) is 9.88 Å². The van der Waals surface area contributed by atoms with E-state index in [1.165, 1.54) is 18.3 Å². The molecule has 0 spiro atoms. The van der Waals surface area contributed by atoms with Gasteiger partial charge in [0, 0.05) is 36.1 Å². The first-order valence-corrected chi connectivity index (χ1v) is 12.5. The van der Waals surface area contributed by atoms with E-state index in [0.29, 0.717) is 36.8 Å². The van der Waals surface area contributed by atoms with Gasteiger partial charge in [-0.15, -0.1) is 0 Å². The third-order valence-electron chi connectivity index (χ3n) is 6.04. The molecule has 1 fully saturated rings. The van der Waals surface area contributed by atoms with Gasteiger partial charge in [-0.05, 0) is 56.3 Å². The second-order valence-electron chi connectivity index (χ2n) is 9.03. The first kappa shape index (κ1) is 25.6. The molecule has 36 heavy (non-hydrogen) atoms. The number of rotatable bonds is 6. The van der Waals surface area contributed by atoms with Crippen LogP contribution in [0.2, 0.25) is 0 Å². The van der Waals surface area contributed by atoms with Crippen LogP contribution in [0.1, 0.15) is 29.8 Å². The van der Waals surface area contributed by atoms with Crippen molar-refractivity contribution in [3.05, 3.63) is 84.2 Å². The van der Waals surface area contributed by atoms with Gasteiger partial charge in [0.15, 0.2) is 5.75 Å². The van der Waals surface area contributed by atoms with Gasteiger partial charge in [0.05, 0.1) is 23.3 Å². The normalized spacial score (nSPS) is 16.2. The number of alkyl halides is 3. The predicted molar refractivity (Wildman–Crippen MR) is 127 cm³/mol. The molecule has 11 heteroatoms. The average Bonchev–Trinajstić information content (AvgIpc) is 3.14. The molecule has 190 valence electrons. The number of ether oxygens (including phenoxy) is 1. The smallest absolute Gasteiger partial charge is 0.421 e. The number of esters is 1. The Bertz CT molecular complexity index is 1340. The second-order valence-corrected chi connectivity index (χ2v) is 11.0. The van der Waals surface area contributed by atoms with E-state index < -0.39 is 26.2 Å². The summed E-state index contributed by atoms with van der Waals surface area (Å²) in [5.74, 6) is -0.164. The lowest BCUT2D eigenvalue weighted by atomic mass is 10.0. The molecule has 0 saturated carbocycles. The van der Waals surface area contributed by atoms with Crippen molar-refractivity contribution in [2.24, 2.45) is 0 Å². The molecule has 1 saturated heterocycles. The van der Waals surface area contributed by atoms with Crippen molar-refractivity contribution < 1.29 is 31.1 Å². The Morgan fingerprint density at radius 3 is 2.36 bits per heavy atom. The van der Waals surface area contributed by atoms with E-state index in [1.807, 2.05) is 18.7 Å². The van der Waals surface area contributed by atoms with E-state index >= 15 is 0 Å². The number of sulfone groups is 1. The molecular formula is C25H24F3N3O4S. The van der Waals surface area contributed by atoms with Crippen molar-refractivity contribution >= 4 is 21.5 Å². The number of carbonyl (C=O) groups is 1. The minimum Gasteiger partial charge on any atom is -0.421 e. The molecule has 2 aromatic carbocycles. The summed E-state index contributed by atoms with van der Waals surface area (Å²) in [7, 11) is -5.40. The molecule has 4 rings (SSSR count). The van der Waals surface area contributed by atoms with Gasteiger partial charge in [0.1, 0.15) is 0 Å². The van der Waals surface area contributed by atoms with Crippen molar-refractivity contribution in [2.45, 2.75) is 36.3 Å². The Labute approximate surface area is 207 Å². The van der Waals surface area contributed by atoms with Gasteiger partial charge in [-0.3, -0.25) is 9.88 Å². The van der Waals surface area contributed by atoms with Crippen LogP contribution in [0.25, 0.3) is 0 Å². The third-order valence-corrected chi connectivity index (χ3v) is 7.54. The molecule has 0 aliphatic carbocycles. The van der Waals surface area contributed by atoms with Gasteiger partial charge >= 0.3 is 11.5 Å². The van der Waals surface area contributed by atoms with Gasteiger partial charge in [0.2, 0.25) is 0 Å². The van der Waals surface area contributed by atoms with Gasteiger partial charge in [-0.1, -0.05) is 18.2 Å². The van der Waals surface area contributed by atoms with Gasteiger partial charge < -0.3 is 9.64 Å². The summed E-state index contributed by atoms with van der Waals surface area (Å²) in [6.07, 6.45) is 3.09. The number of nitrogens with zero attached hydrogens (tertiary/aromatic N) is 3. The van der Waals surface area contributed by atoms with Crippen LogP contribution in [-0.4, -0.2) is 48.5 Å². The van der Waals surface area contributed by atoms with Crippen molar-refractivity contribution in [1.29, 1.82) is 0 Å². The number of hydrogen-bond acceptors (Lipinski definition) is 7. The number of anilines is 1. The SMILES string of the molecule is CC1(C)CN(c2ccc(S(=O)(=O)C(F)(F)F)cc2)CN1Cc1ccncc1OC(=O)c1ccccc1. The summed E-state index contributed by atoms with van der Waals surface area (Å²) in [6, 6.07) is 15.1. The zero-order valence-corrected chi connectivity index (χ0v) is 20.4. The molecule has 0 atom stereocenters. The highest BCUT2D eigenvalue weighted by molar-refractivity contribution is 7.92. The van der Waals surface area contributed by atoms with Crippen molar-refractivity contribution in [3.63, 3.8) is 0 Å². The number of hydrogen-bond donors (Lipinski definition) is 0. The summed E-state index contributed by atoms with van der Waals surface area (Å²) < 4.78 is 67.5. The number of aromatic nitrogens is 1. The van der Waals surface area contributed by atoms with Crippen molar-refractivity contribution in [2.75, 3.05) is 18.1 Å². The molecule has 0 unspecified atom stereocenters. The standard InChI is InChI=1S/C25H24F3N3O4S/c1-24(2)16-30(20-8-10-21(11-9-20)36(33,34)25(26,27)28)17-31(24)15-19-12-13-29-14-22(19)35-23(32)18-6-4-3-5-7-18/h3-14H,15-17H2,1-2H3. The first-order valence-electron chi connectivity index (χ1n) is 11.0. The summed E-state index contributed by atoms with van der Waals surface area (Å²) in [6.45, 7) is 5.43. The van der Waals surface area contributed by atoms with E-state index in [0.717, 1.165) is 17.7 Å². The highest BCUT2D eigenvalue weighted by Crippen LogP contribution is 2.34. The maximum absolute atomic E-state index is 12.8. The fourth-order valence-corrected chi connectivity index (χ4v) is 4.75. The lowest BCUT2D eigenvalue weighted by Gasteiger charge is -2.29. The summed E-state index contributed by atoms with van der Waals surface area (Å²) in [5.41, 5.74) is -3.95. The largest absolute Gasteiger partial charge is 0.501 e. The van der Waals surface area contributed by atoms with Gasteiger partial charge in [0.25, 0.3) is 9.84 Å². The molecular weight excluding hydrogens is 495 g/mol. The maximum Gasteiger partial charge on any atom is 0.501 e. The van der Waals surface area contributed by atoms with Crippen LogP contribution in [0.15, 0.2) is 78.0 Å². The Morgan fingerprint density at radius 1 is 1.06 bits per heavy atom. The molecule has 1 aliphatic heterocycles. The molecule has 0 bridgehead atoms. The van der Waals surface area contributed by atoms with Crippen molar-refractivity contribution in [3.8, 4) is 5.75 Å². The Morgan fingerprint density at radius 2 is 1.72 bits per heavy atom. The van der Waals surface area contributed by atoms with Crippen LogP contribution in [0.4, 0.5) is 18.9 Å². The van der Waals surface area contributed by atoms with E-state index in [-0.39, 0.29) is 5.54 Å². The summed E-state index contributed by atoms with van der Waals surface area (Å²) >= 11 is 0. The number of benzene rings is 2. The van der Waals surface area contributed by atoms with Crippen LogP contribution in [-0.2, 0) is 16.4 Å². The van der Waals surface area contributed by atoms with Crippen LogP contribution in [0.5, 0.6) is 5.75 Å². The molecule has 0 amide bonds. The lowest BCUT2D eigenvalue weighted by Crippen LogP contribution is -2.39. The minimum absolute atomic E-state index is 0.335.